The van der Waals surface area contributed by atoms with Crippen LogP contribution in [-0.4, -0.2) is 62.4 Å². The molecule has 0 aliphatic carbocycles. The minimum Gasteiger partial charge on any atom is -0.314 e. The fraction of sp³-hybridized carbons (Fsp3) is 0.438. The van der Waals surface area contributed by atoms with Gasteiger partial charge < -0.3 is 5.32 Å². The van der Waals surface area contributed by atoms with Crippen LogP contribution in [0.25, 0.3) is 5.69 Å². The van der Waals surface area contributed by atoms with E-state index in [0.717, 1.165) is 44.0 Å². The molecule has 0 atom stereocenters. The lowest BCUT2D eigenvalue weighted by Gasteiger charge is -2.27. The number of hydrogen-bond acceptors (Lipinski definition) is 5. The molecule has 1 aliphatic heterocycles. The second-order valence-electron chi connectivity index (χ2n) is 5.89. The highest BCUT2D eigenvalue weighted by molar-refractivity contribution is 7.89. The van der Waals surface area contributed by atoms with Crippen LogP contribution in [0.4, 0.5) is 0 Å². The molecule has 2 heterocycles. The standard InChI is InChI=1S/C16H23N5O2S/c1-14-3-4-15(21-9-2-5-18-21)13-16(14)24(22,23)19-8-12-20-10-6-17-7-11-20/h2-5,9,13,17,19H,6-8,10-12H2,1H3. The average Bonchev–Trinajstić information content (AvgIpc) is 3.10. The Balaban J connectivity index is 1.70. The molecule has 0 radical (unpaired) electrons. The number of nitrogens with zero attached hydrogens (tertiary/aromatic N) is 3. The van der Waals surface area contributed by atoms with Gasteiger partial charge in [-0.15, -0.1) is 0 Å². The van der Waals surface area contributed by atoms with Crippen LogP contribution in [-0.2, 0) is 10.0 Å². The van der Waals surface area contributed by atoms with Gasteiger partial charge in [0.15, 0.2) is 0 Å². The Morgan fingerprint density at radius 2 is 2.08 bits per heavy atom. The van der Waals surface area contributed by atoms with Crippen LogP contribution >= 0.6 is 0 Å². The number of aromatic nitrogens is 2. The maximum atomic E-state index is 12.6. The Bertz CT molecular complexity index is 768. The number of piperazine rings is 1. The summed E-state index contributed by atoms with van der Waals surface area (Å²) in [6.07, 6.45) is 3.46. The maximum absolute atomic E-state index is 12.6. The van der Waals surface area contributed by atoms with Crippen molar-refractivity contribution in [2.24, 2.45) is 0 Å². The molecule has 0 spiro atoms. The third kappa shape index (κ3) is 4.02. The summed E-state index contributed by atoms with van der Waals surface area (Å²) in [5, 5.41) is 7.44. The van der Waals surface area contributed by atoms with Crippen molar-refractivity contribution in [2.75, 3.05) is 39.3 Å². The van der Waals surface area contributed by atoms with Crippen LogP contribution in [0.1, 0.15) is 5.56 Å². The van der Waals surface area contributed by atoms with Gasteiger partial charge in [0.05, 0.1) is 10.6 Å². The van der Waals surface area contributed by atoms with Crippen molar-refractivity contribution < 1.29 is 8.42 Å². The van der Waals surface area contributed by atoms with E-state index in [9.17, 15) is 8.42 Å². The molecule has 1 aromatic carbocycles. The first-order valence-corrected chi connectivity index (χ1v) is 9.58. The molecule has 0 bridgehead atoms. The normalized spacial score (nSPS) is 16.4. The number of hydrogen-bond donors (Lipinski definition) is 2. The molecular formula is C16H23N5O2S. The zero-order valence-electron chi connectivity index (χ0n) is 13.8. The van der Waals surface area contributed by atoms with Gasteiger partial charge in [0.25, 0.3) is 0 Å². The lowest BCUT2D eigenvalue weighted by Crippen LogP contribution is -2.46. The SMILES string of the molecule is Cc1ccc(-n2cccn2)cc1S(=O)(=O)NCCN1CCNCC1. The van der Waals surface area contributed by atoms with Crippen molar-refractivity contribution in [3.8, 4) is 5.69 Å². The lowest BCUT2D eigenvalue weighted by atomic mass is 10.2. The Labute approximate surface area is 142 Å². The molecule has 1 aliphatic rings. The predicted octanol–water partition coefficient (Wildman–Crippen LogP) is 0.364. The van der Waals surface area contributed by atoms with E-state index in [1.165, 1.54) is 0 Å². The van der Waals surface area contributed by atoms with Crippen molar-refractivity contribution in [3.05, 3.63) is 42.2 Å². The zero-order chi connectivity index (χ0) is 17.0. The highest BCUT2D eigenvalue weighted by Gasteiger charge is 2.18. The molecule has 0 amide bonds. The van der Waals surface area contributed by atoms with Crippen molar-refractivity contribution >= 4 is 10.0 Å². The lowest BCUT2D eigenvalue weighted by molar-refractivity contribution is 0.245. The fourth-order valence-electron chi connectivity index (χ4n) is 2.79. The number of sulfonamides is 1. The number of rotatable bonds is 6. The largest absolute Gasteiger partial charge is 0.314 e. The maximum Gasteiger partial charge on any atom is 0.240 e. The zero-order valence-corrected chi connectivity index (χ0v) is 14.6. The molecule has 7 nitrogen and oxygen atoms in total. The van der Waals surface area contributed by atoms with E-state index in [-0.39, 0.29) is 0 Å². The summed E-state index contributed by atoms with van der Waals surface area (Å²) >= 11 is 0. The molecule has 24 heavy (non-hydrogen) atoms. The molecule has 3 rings (SSSR count). The molecule has 8 heteroatoms. The van der Waals surface area contributed by atoms with Gasteiger partial charge in [0, 0.05) is 51.7 Å². The van der Waals surface area contributed by atoms with Crippen LogP contribution in [0.15, 0.2) is 41.6 Å². The summed E-state index contributed by atoms with van der Waals surface area (Å²) in [5.41, 5.74) is 1.45. The summed E-state index contributed by atoms with van der Waals surface area (Å²) < 4.78 is 29.7. The molecule has 2 N–H and O–H groups in total. The van der Waals surface area contributed by atoms with Gasteiger partial charge in [-0.3, -0.25) is 4.90 Å². The van der Waals surface area contributed by atoms with Crippen molar-refractivity contribution in [1.82, 2.24) is 24.7 Å². The Morgan fingerprint density at radius 1 is 1.29 bits per heavy atom. The van der Waals surface area contributed by atoms with Gasteiger partial charge in [-0.1, -0.05) is 6.07 Å². The van der Waals surface area contributed by atoms with E-state index in [1.807, 2.05) is 12.1 Å². The van der Waals surface area contributed by atoms with E-state index < -0.39 is 10.0 Å². The van der Waals surface area contributed by atoms with Gasteiger partial charge in [-0.25, -0.2) is 17.8 Å². The van der Waals surface area contributed by atoms with Gasteiger partial charge in [-0.05, 0) is 30.7 Å². The number of benzene rings is 1. The second kappa shape index (κ2) is 7.43. The predicted molar refractivity (Wildman–Crippen MR) is 92.8 cm³/mol. The second-order valence-corrected chi connectivity index (χ2v) is 7.63. The molecule has 130 valence electrons. The Morgan fingerprint density at radius 3 is 2.79 bits per heavy atom. The van der Waals surface area contributed by atoms with E-state index in [2.05, 4.69) is 20.0 Å². The van der Waals surface area contributed by atoms with Gasteiger partial charge >= 0.3 is 0 Å². The molecule has 0 unspecified atom stereocenters. The molecule has 1 aromatic heterocycles. The Kier molecular flexibility index (Phi) is 5.30. The van der Waals surface area contributed by atoms with Crippen LogP contribution in [0.5, 0.6) is 0 Å². The summed E-state index contributed by atoms with van der Waals surface area (Å²) in [7, 11) is -3.54. The first-order valence-electron chi connectivity index (χ1n) is 8.10. The van der Waals surface area contributed by atoms with E-state index in [4.69, 9.17) is 0 Å². The Hall–Kier alpha value is -1.74. The van der Waals surface area contributed by atoms with E-state index in [0.29, 0.717) is 11.4 Å². The first kappa shape index (κ1) is 17.1. The fourth-order valence-corrected chi connectivity index (χ4v) is 4.08. The van der Waals surface area contributed by atoms with Crippen LogP contribution in [0.3, 0.4) is 0 Å². The highest BCUT2D eigenvalue weighted by Crippen LogP contribution is 2.19. The van der Waals surface area contributed by atoms with Gasteiger partial charge in [0.1, 0.15) is 0 Å². The third-order valence-electron chi connectivity index (χ3n) is 4.16. The average molecular weight is 349 g/mol. The molecule has 2 aromatic rings. The summed E-state index contributed by atoms with van der Waals surface area (Å²) in [5.74, 6) is 0. The van der Waals surface area contributed by atoms with Crippen molar-refractivity contribution in [3.63, 3.8) is 0 Å². The third-order valence-corrected chi connectivity index (χ3v) is 5.76. The first-order chi connectivity index (χ1) is 11.6. The number of nitrogens with one attached hydrogen (secondary N) is 2. The van der Waals surface area contributed by atoms with Crippen LogP contribution < -0.4 is 10.0 Å². The van der Waals surface area contributed by atoms with Crippen LogP contribution in [0, 0.1) is 6.92 Å². The topological polar surface area (TPSA) is 79.3 Å². The molecule has 0 saturated carbocycles. The van der Waals surface area contributed by atoms with Gasteiger partial charge in [-0.2, -0.15) is 5.10 Å². The minimum absolute atomic E-state index is 0.302. The smallest absolute Gasteiger partial charge is 0.240 e. The summed E-state index contributed by atoms with van der Waals surface area (Å²) in [4.78, 5) is 2.56. The summed E-state index contributed by atoms with van der Waals surface area (Å²) in [6, 6.07) is 7.14. The van der Waals surface area contributed by atoms with Crippen molar-refractivity contribution in [2.45, 2.75) is 11.8 Å². The van der Waals surface area contributed by atoms with Crippen LogP contribution in [0.2, 0.25) is 0 Å². The molecule has 1 saturated heterocycles. The number of aryl methyl sites for hydroxylation is 1. The minimum atomic E-state index is -3.54. The quantitative estimate of drug-likeness (QED) is 0.787. The van der Waals surface area contributed by atoms with E-state index >= 15 is 0 Å². The van der Waals surface area contributed by atoms with Gasteiger partial charge in [0.2, 0.25) is 10.0 Å². The highest BCUT2D eigenvalue weighted by atomic mass is 32.2. The molecule has 1 fully saturated rings. The summed E-state index contributed by atoms with van der Waals surface area (Å²) in [6.45, 7) is 6.75. The monoisotopic (exact) mass is 349 g/mol. The van der Waals surface area contributed by atoms with Crippen molar-refractivity contribution in [1.29, 1.82) is 0 Å². The molecular weight excluding hydrogens is 326 g/mol. The van der Waals surface area contributed by atoms with E-state index in [1.54, 1.807) is 36.1 Å².